The Hall–Kier alpha value is -8.29. The van der Waals surface area contributed by atoms with E-state index in [1.54, 1.807) is 0 Å². The Kier molecular flexibility index (Phi) is 11.9. The Morgan fingerprint density at radius 2 is 0.733 bits per heavy atom. The van der Waals surface area contributed by atoms with Crippen molar-refractivity contribution in [2.24, 2.45) is 0 Å². The number of hydrogen-bond acceptors (Lipinski definition) is 2. The summed E-state index contributed by atoms with van der Waals surface area (Å²) in [5.41, 5.74) is 21.6. The summed E-state index contributed by atoms with van der Waals surface area (Å²) in [7, 11) is 0. The summed E-state index contributed by atoms with van der Waals surface area (Å²) in [6, 6.07) is 86.6. The highest BCUT2D eigenvalue weighted by Crippen LogP contribution is 2.35. The lowest BCUT2D eigenvalue weighted by atomic mass is 9.34. The zero-order valence-corrected chi connectivity index (χ0v) is 43.1. The van der Waals surface area contributed by atoms with Gasteiger partial charge in [0.25, 0.3) is 5.54 Å². The molecule has 75 heavy (non-hydrogen) atoms. The molecular weight excluding hydrogens is 1040 g/mol. The highest BCUT2D eigenvalue weighted by atomic mass is 79.9. The van der Waals surface area contributed by atoms with E-state index in [1.807, 2.05) is 12.4 Å². The molecule has 8 heteroatoms. The highest BCUT2D eigenvalue weighted by Gasteiger charge is 2.32. The van der Waals surface area contributed by atoms with Crippen LogP contribution >= 0.6 is 31.7 Å². The van der Waals surface area contributed by atoms with Crippen molar-refractivity contribution in [3.63, 3.8) is 0 Å². The number of halogens is 2. The SMILES string of the molecule is BrB1c2ccccc2-c2ccnc3cccc1c23.Brc1ccc(-n2c3ccccc3c3ccccc32)cc1.C.[2HH].c1ccc2c(c1)B(c1ccc(-n3c4ccccc4c4ccccc43)cc1)c1cccc3nccc-2c13. The summed E-state index contributed by atoms with van der Waals surface area (Å²) >= 11 is 7.32. The first-order chi connectivity index (χ1) is 36.6. The van der Waals surface area contributed by atoms with E-state index in [0.29, 0.717) is 0 Å². The van der Waals surface area contributed by atoms with Crippen molar-refractivity contribution in [3.8, 4) is 33.6 Å². The van der Waals surface area contributed by atoms with Crippen LogP contribution in [0.3, 0.4) is 0 Å². The molecule has 4 aromatic heterocycles. The molecule has 0 saturated heterocycles. The van der Waals surface area contributed by atoms with Crippen LogP contribution in [0.4, 0.5) is 0 Å². The Morgan fingerprint density at radius 1 is 0.347 bits per heavy atom. The third-order valence-electron chi connectivity index (χ3n) is 15.0. The summed E-state index contributed by atoms with van der Waals surface area (Å²) in [6.45, 7) is 0.175. The van der Waals surface area contributed by atoms with Crippen molar-refractivity contribution >= 4 is 137 Å². The van der Waals surface area contributed by atoms with Gasteiger partial charge in [-0.2, -0.15) is 0 Å². The summed E-state index contributed by atoms with van der Waals surface area (Å²) in [4.78, 5) is 9.16. The van der Waals surface area contributed by atoms with E-state index in [9.17, 15) is 0 Å². The van der Waals surface area contributed by atoms with Gasteiger partial charge in [-0.05, 0) is 107 Å². The lowest BCUT2D eigenvalue weighted by molar-refractivity contribution is 1.18. The number of rotatable bonds is 3. The van der Waals surface area contributed by atoms with E-state index < -0.39 is 0 Å². The van der Waals surface area contributed by atoms with E-state index in [2.05, 4.69) is 293 Å². The third-order valence-corrected chi connectivity index (χ3v) is 16.5. The highest BCUT2D eigenvalue weighted by molar-refractivity contribution is 9.25. The van der Waals surface area contributed by atoms with Crippen LogP contribution in [0.1, 0.15) is 8.85 Å². The molecule has 0 radical (unpaired) electrons. The first-order valence-corrected chi connectivity index (χ1v) is 26.7. The molecule has 0 amide bonds. The number of hydrogen-bond donors (Lipinski definition) is 0. The van der Waals surface area contributed by atoms with Gasteiger partial charge in [0.1, 0.15) is 0 Å². The first kappa shape index (κ1) is 46.5. The van der Waals surface area contributed by atoms with Crippen LogP contribution in [-0.2, 0) is 0 Å². The number of benzene rings is 10. The van der Waals surface area contributed by atoms with Crippen molar-refractivity contribution in [3.05, 3.63) is 260 Å². The molecule has 2 aliphatic heterocycles. The summed E-state index contributed by atoms with van der Waals surface area (Å²) in [5.74, 6) is 0. The van der Waals surface area contributed by atoms with Gasteiger partial charge in [-0.25, -0.2) is 0 Å². The molecule has 0 N–H and O–H groups in total. The molecule has 0 bridgehead atoms. The first-order valence-electron chi connectivity index (χ1n) is 25.0. The lowest BCUT2D eigenvalue weighted by Gasteiger charge is -2.27. The van der Waals surface area contributed by atoms with Gasteiger partial charge in [0.15, 0.2) is 0 Å². The molecular formula is C67H48B2Br2N4. The van der Waals surface area contributed by atoms with Crippen LogP contribution < -0.4 is 27.3 Å². The molecule has 0 aliphatic carbocycles. The molecule has 6 heterocycles. The molecule has 0 fully saturated rings. The summed E-state index contributed by atoms with van der Waals surface area (Å²) in [5, 5.41) is 7.72. The standard InChI is InChI=1S/C33H21BN2.C18H12BrN.C15H9BBrN.CH4.H2/c1-4-11-28-24(8-1)27-20-21-35-30-13-7-12-29(33(27)30)34(28)22-16-18-23(19-17-22)36-31-14-5-2-9-25(31)26-10-3-6-15-32(26)36;19-13-9-11-14(12-10-13)20-17-7-3-1-5-15(17)16-6-2-4-8-18(16)20;17-16-12-5-2-1-4-10(12)11-8-9-18-14-7-3-6-13(16)15(11)14;;/h1-21H;1-12H;1-9H;1H4;1H/i;;;;1+1. The van der Waals surface area contributed by atoms with Gasteiger partial charge >= 0.3 is 0 Å². The van der Waals surface area contributed by atoms with Crippen LogP contribution in [0.15, 0.2) is 260 Å². The number of pyridine rings is 2. The second-order valence-electron chi connectivity index (χ2n) is 19.0. The van der Waals surface area contributed by atoms with E-state index >= 15 is 0 Å². The normalized spacial score (nSPS) is 12.0. The fourth-order valence-electron chi connectivity index (χ4n) is 11.8. The van der Waals surface area contributed by atoms with E-state index in [-0.39, 0.29) is 21.1 Å². The quantitative estimate of drug-likeness (QED) is 0.165. The number of aromatic nitrogens is 4. The van der Waals surface area contributed by atoms with Crippen molar-refractivity contribution in [1.29, 1.82) is 0 Å². The Labute approximate surface area is 454 Å². The topological polar surface area (TPSA) is 35.6 Å². The molecule has 0 spiro atoms. The van der Waals surface area contributed by atoms with Crippen molar-refractivity contribution in [2.45, 2.75) is 7.43 Å². The van der Waals surface area contributed by atoms with Crippen LogP contribution in [0, 0.1) is 0 Å². The molecule has 2 aliphatic rings. The van der Waals surface area contributed by atoms with E-state index in [4.69, 9.17) is 0 Å². The molecule has 14 aromatic rings. The minimum atomic E-state index is 0. The average molecular weight is 1090 g/mol. The number of nitrogens with zero attached hydrogens (tertiary/aromatic N) is 4. The number of para-hydroxylation sites is 4. The van der Waals surface area contributed by atoms with Gasteiger partial charge in [-0.15, -0.1) is 15.8 Å². The largest absolute Gasteiger partial charge is 0.309 e. The molecule has 356 valence electrons. The zero-order chi connectivity index (χ0) is 49.3. The van der Waals surface area contributed by atoms with Gasteiger partial charge in [-0.3, -0.25) is 9.97 Å². The second-order valence-corrected chi connectivity index (χ2v) is 20.8. The Balaban J connectivity index is 0.000000124. The molecule has 16 rings (SSSR count). The van der Waals surface area contributed by atoms with Crippen molar-refractivity contribution in [1.82, 2.24) is 19.1 Å². The third kappa shape index (κ3) is 7.73. The predicted octanol–water partition coefficient (Wildman–Crippen LogP) is 15.0. The van der Waals surface area contributed by atoms with Crippen molar-refractivity contribution in [2.75, 3.05) is 0 Å². The van der Waals surface area contributed by atoms with Gasteiger partial charge in [0.05, 0.1) is 33.1 Å². The van der Waals surface area contributed by atoms with Crippen LogP contribution in [-0.4, -0.2) is 31.4 Å². The van der Waals surface area contributed by atoms with Gasteiger partial charge in [-0.1, -0.05) is 208 Å². The van der Waals surface area contributed by atoms with Crippen LogP contribution in [0.2, 0.25) is 0 Å². The smallest absolute Gasteiger partial charge is 0.288 e. The molecule has 0 unspecified atom stereocenters. The second kappa shape index (κ2) is 19.2. The molecule has 4 nitrogen and oxygen atoms in total. The predicted molar refractivity (Wildman–Crippen MR) is 331 cm³/mol. The van der Waals surface area contributed by atoms with Gasteiger partial charge < -0.3 is 9.13 Å². The fraction of sp³-hybridized carbons (Fsp3) is 0.0149. The molecule has 10 aromatic carbocycles. The van der Waals surface area contributed by atoms with Gasteiger partial charge in [0, 0.05) is 62.0 Å². The minimum absolute atomic E-state index is 0. The fourth-order valence-corrected chi connectivity index (χ4v) is 12.9. The van der Waals surface area contributed by atoms with Crippen LogP contribution in [0.5, 0.6) is 0 Å². The van der Waals surface area contributed by atoms with Crippen LogP contribution in [0.25, 0.3) is 99.0 Å². The summed E-state index contributed by atoms with van der Waals surface area (Å²) in [6.07, 6.45) is 3.83. The average Bonchev–Trinajstić information content (AvgIpc) is 3.99. The summed E-state index contributed by atoms with van der Waals surface area (Å²) < 4.78 is 5.79. The Bertz CT molecular complexity index is 4380. The lowest BCUT2D eigenvalue weighted by Crippen LogP contribution is -2.54. The number of fused-ring (bicyclic) bond motifs is 10. The van der Waals surface area contributed by atoms with Crippen molar-refractivity contribution < 1.29 is 1.43 Å². The van der Waals surface area contributed by atoms with E-state index in [1.165, 1.54) is 115 Å². The zero-order valence-electron chi connectivity index (χ0n) is 39.9. The maximum absolute atomic E-state index is 4.69. The maximum Gasteiger partial charge on any atom is 0.288 e. The van der Waals surface area contributed by atoms with E-state index in [0.717, 1.165) is 15.5 Å². The molecule has 0 saturated carbocycles. The monoisotopic (exact) mass is 1090 g/mol. The maximum atomic E-state index is 4.69. The van der Waals surface area contributed by atoms with Gasteiger partial charge in [0.2, 0.25) is 6.71 Å². The Morgan fingerprint density at radius 3 is 1.24 bits per heavy atom. The molecule has 0 atom stereocenters. The minimum Gasteiger partial charge on any atom is -0.309 e.